The standard InChI is InChI=1S/C17H14S2/c1-11-15-5-3-2-4-12(15)8-13-9-14(6-7-16(11)13)17(18)10-19-17/h2-9,18H,10H2,1H3. The number of rotatable bonds is 1. The van der Waals surface area contributed by atoms with Crippen LogP contribution in [0.4, 0.5) is 0 Å². The number of thioether (sulfide) groups is 1. The van der Waals surface area contributed by atoms with E-state index in [4.69, 9.17) is 12.6 Å². The first kappa shape index (κ1) is 11.7. The summed E-state index contributed by atoms with van der Waals surface area (Å²) in [6.07, 6.45) is 0. The second kappa shape index (κ2) is 3.94. The maximum Gasteiger partial charge on any atom is 0.0923 e. The third-order valence-electron chi connectivity index (χ3n) is 4.00. The van der Waals surface area contributed by atoms with Crippen LogP contribution in [0.5, 0.6) is 0 Å². The van der Waals surface area contributed by atoms with E-state index in [1.807, 2.05) is 11.8 Å². The van der Waals surface area contributed by atoms with Crippen molar-refractivity contribution in [3.05, 3.63) is 59.7 Å². The number of benzene rings is 3. The van der Waals surface area contributed by atoms with E-state index in [9.17, 15) is 0 Å². The van der Waals surface area contributed by atoms with Crippen LogP contribution in [0.2, 0.25) is 0 Å². The van der Waals surface area contributed by atoms with Gasteiger partial charge in [0.15, 0.2) is 0 Å². The van der Waals surface area contributed by atoms with Crippen LogP contribution in [0.25, 0.3) is 21.5 Å². The molecule has 94 valence electrons. The summed E-state index contributed by atoms with van der Waals surface area (Å²) in [4.78, 5) is 0. The summed E-state index contributed by atoms with van der Waals surface area (Å²) in [5, 5.41) is 5.35. The molecule has 1 unspecified atom stereocenters. The van der Waals surface area contributed by atoms with Gasteiger partial charge in [-0.15, -0.1) is 11.8 Å². The predicted octanol–water partition coefficient (Wildman–Crippen LogP) is 5.13. The largest absolute Gasteiger partial charge is 0.156 e. The number of aryl methyl sites for hydroxylation is 1. The van der Waals surface area contributed by atoms with Gasteiger partial charge in [-0.1, -0.05) is 36.4 Å². The molecule has 3 aromatic rings. The van der Waals surface area contributed by atoms with Crippen molar-refractivity contribution in [1.82, 2.24) is 0 Å². The van der Waals surface area contributed by atoms with Crippen LogP contribution in [0, 0.1) is 6.92 Å². The second-order valence-corrected chi connectivity index (χ2v) is 7.57. The molecule has 0 aromatic heterocycles. The van der Waals surface area contributed by atoms with Gasteiger partial charge < -0.3 is 0 Å². The highest BCUT2D eigenvalue weighted by atomic mass is 32.2. The minimum Gasteiger partial charge on any atom is -0.156 e. The molecular formula is C17H14S2. The summed E-state index contributed by atoms with van der Waals surface area (Å²) in [5.74, 6) is 1.12. The van der Waals surface area contributed by atoms with Crippen molar-refractivity contribution in [2.24, 2.45) is 0 Å². The normalized spacial score (nSPS) is 22.0. The molecule has 1 aliphatic rings. The molecule has 4 rings (SSSR count). The molecule has 3 aromatic carbocycles. The summed E-state index contributed by atoms with van der Waals surface area (Å²) in [6.45, 7) is 2.21. The molecule has 19 heavy (non-hydrogen) atoms. The van der Waals surface area contributed by atoms with E-state index in [2.05, 4.69) is 55.5 Å². The highest BCUT2D eigenvalue weighted by Gasteiger charge is 2.41. The molecule has 0 bridgehead atoms. The fourth-order valence-corrected chi connectivity index (χ4v) is 3.71. The van der Waals surface area contributed by atoms with Gasteiger partial charge in [-0.05, 0) is 51.7 Å². The van der Waals surface area contributed by atoms with E-state index in [0.29, 0.717) is 0 Å². The van der Waals surface area contributed by atoms with Crippen molar-refractivity contribution in [3.8, 4) is 0 Å². The monoisotopic (exact) mass is 282 g/mol. The first-order valence-corrected chi connectivity index (χ1v) is 7.90. The first-order valence-electron chi connectivity index (χ1n) is 6.46. The van der Waals surface area contributed by atoms with Gasteiger partial charge in [0.05, 0.1) is 4.08 Å². The lowest BCUT2D eigenvalue weighted by molar-refractivity contribution is 1.16. The molecule has 1 atom stereocenters. The van der Waals surface area contributed by atoms with Gasteiger partial charge in [0.2, 0.25) is 0 Å². The Morgan fingerprint density at radius 3 is 2.53 bits per heavy atom. The van der Waals surface area contributed by atoms with E-state index >= 15 is 0 Å². The van der Waals surface area contributed by atoms with E-state index in [-0.39, 0.29) is 4.08 Å². The summed E-state index contributed by atoms with van der Waals surface area (Å²) in [7, 11) is 0. The summed E-state index contributed by atoms with van der Waals surface area (Å²) >= 11 is 6.65. The molecule has 0 aliphatic carbocycles. The Balaban J connectivity index is 2.06. The highest BCUT2D eigenvalue weighted by molar-refractivity contribution is 8.18. The minimum atomic E-state index is 0.0632. The number of fused-ring (bicyclic) bond motifs is 2. The average molecular weight is 282 g/mol. The van der Waals surface area contributed by atoms with Gasteiger partial charge >= 0.3 is 0 Å². The summed E-state index contributed by atoms with van der Waals surface area (Å²) < 4.78 is 0.0632. The van der Waals surface area contributed by atoms with Gasteiger partial charge in [-0.25, -0.2) is 0 Å². The third kappa shape index (κ3) is 1.78. The SMILES string of the molecule is Cc1c2ccccc2cc2cc(C3(S)CS3)ccc12. The number of thiol groups is 1. The molecule has 0 spiro atoms. The summed E-state index contributed by atoms with van der Waals surface area (Å²) in [6, 6.07) is 17.7. The Bertz CT molecular complexity index is 801. The Labute approximate surface area is 122 Å². The van der Waals surface area contributed by atoms with Crippen molar-refractivity contribution >= 4 is 45.9 Å². The fraction of sp³-hybridized carbons (Fsp3) is 0.176. The van der Waals surface area contributed by atoms with Crippen LogP contribution < -0.4 is 0 Å². The molecule has 2 heteroatoms. The topological polar surface area (TPSA) is 0 Å². The quantitative estimate of drug-likeness (QED) is 0.367. The first-order chi connectivity index (χ1) is 9.17. The number of hydrogen-bond donors (Lipinski definition) is 1. The molecule has 0 saturated carbocycles. The molecule has 0 N–H and O–H groups in total. The number of hydrogen-bond acceptors (Lipinski definition) is 2. The zero-order chi connectivity index (χ0) is 13.0. The highest BCUT2D eigenvalue weighted by Crippen LogP contribution is 2.57. The maximum absolute atomic E-state index is 4.74. The predicted molar refractivity (Wildman–Crippen MR) is 89.3 cm³/mol. The Kier molecular flexibility index (Phi) is 2.42. The minimum absolute atomic E-state index is 0.0632. The zero-order valence-electron chi connectivity index (χ0n) is 10.7. The van der Waals surface area contributed by atoms with Crippen molar-refractivity contribution < 1.29 is 0 Å². The smallest absolute Gasteiger partial charge is 0.0923 e. The molecule has 0 amide bonds. The lowest BCUT2D eigenvalue weighted by Crippen LogP contribution is -1.96. The van der Waals surface area contributed by atoms with Gasteiger partial charge in [-0.3, -0.25) is 0 Å². The fourth-order valence-electron chi connectivity index (χ4n) is 2.78. The van der Waals surface area contributed by atoms with Crippen molar-refractivity contribution in [3.63, 3.8) is 0 Å². The Morgan fingerprint density at radius 2 is 1.74 bits per heavy atom. The van der Waals surface area contributed by atoms with E-state index < -0.39 is 0 Å². The van der Waals surface area contributed by atoms with Crippen molar-refractivity contribution in [2.75, 3.05) is 5.75 Å². The van der Waals surface area contributed by atoms with Crippen molar-refractivity contribution in [1.29, 1.82) is 0 Å². The van der Waals surface area contributed by atoms with E-state index in [1.165, 1.54) is 32.7 Å². The Morgan fingerprint density at radius 1 is 1.00 bits per heavy atom. The van der Waals surface area contributed by atoms with Gasteiger partial charge in [0, 0.05) is 5.75 Å². The van der Waals surface area contributed by atoms with Gasteiger partial charge in [-0.2, -0.15) is 12.6 Å². The third-order valence-corrected chi connectivity index (χ3v) is 6.10. The lowest BCUT2D eigenvalue weighted by atomic mass is 9.96. The van der Waals surface area contributed by atoms with Gasteiger partial charge in [0.1, 0.15) is 0 Å². The van der Waals surface area contributed by atoms with Crippen LogP contribution in [-0.2, 0) is 4.08 Å². The molecule has 1 saturated heterocycles. The van der Waals surface area contributed by atoms with Crippen LogP contribution in [0.3, 0.4) is 0 Å². The van der Waals surface area contributed by atoms with E-state index in [1.54, 1.807) is 0 Å². The van der Waals surface area contributed by atoms with Crippen molar-refractivity contribution in [2.45, 2.75) is 11.0 Å². The molecule has 0 radical (unpaired) electrons. The molecule has 0 nitrogen and oxygen atoms in total. The van der Waals surface area contributed by atoms with Crippen LogP contribution in [0.15, 0.2) is 48.5 Å². The van der Waals surface area contributed by atoms with Crippen LogP contribution >= 0.6 is 24.4 Å². The second-order valence-electron chi connectivity index (χ2n) is 5.23. The molecule has 1 aliphatic heterocycles. The molecular weight excluding hydrogens is 268 g/mol. The van der Waals surface area contributed by atoms with E-state index in [0.717, 1.165) is 5.75 Å². The van der Waals surface area contributed by atoms with Crippen LogP contribution in [0.1, 0.15) is 11.1 Å². The maximum atomic E-state index is 4.74. The zero-order valence-corrected chi connectivity index (χ0v) is 12.4. The lowest BCUT2D eigenvalue weighted by Gasteiger charge is -2.11. The summed E-state index contributed by atoms with van der Waals surface area (Å²) in [5.41, 5.74) is 2.71. The van der Waals surface area contributed by atoms with Crippen LogP contribution in [-0.4, -0.2) is 5.75 Å². The Hall–Kier alpha value is -1.12. The average Bonchev–Trinajstić information content (AvgIpc) is 3.18. The molecule has 1 fully saturated rings. The van der Waals surface area contributed by atoms with Gasteiger partial charge in [0.25, 0.3) is 0 Å². The molecule has 1 heterocycles.